The third kappa shape index (κ3) is 4.97. The Morgan fingerprint density at radius 3 is 2.65 bits per heavy atom. The lowest BCUT2D eigenvalue weighted by Gasteiger charge is -2.34. The first-order chi connectivity index (χ1) is 12.5. The molecule has 7 nitrogen and oxygen atoms in total. The fraction of sp³-hybridized carbons (Fsp3) is 0.526. The Hall–Kier alpha value is -2.57. The van der Waals surface area contributed by atoms with Gasteiger partial charge in [-0.3, -0.25) is 14.4 Å². The van der Waals surface area contributed by atoms with Crippen LogP contribution in [0.15, 0.2) is 24.3 Å². The Bertz CT molecular complexity index is 658. The van der Waals surface area contributed by atoms with Crippen molar-refractivity contribution < 1.29 is 19.5 Å². The van der Waals surface area contributed by atoms with E-state index in [9.17, 15) is 14.4 Å². The van der Waals surface area contributed by atoms with Gasteiger partial charge >= 0.3 is 5.97 Å². The minimum atomic E-state index is -0.962. The summed E-state index contributed by atoms with van der Waals surface area (Å²) in [6.07, 6.45) is 1.61. The first-order valence-electron chi connectivity index (χ1n) is 9.10. The van der Waals surface area contributed by atoms with Crippen LogP contribution in [0.2, 0.25) is 0 Å². The lowest BCUT2D eigenvalue weighted by Crippen LogP contribution is -2.46. The van der Waals surface area contributed by atoms with Gasteiger partial charge in [-0.15, -0.1) is 0 Å². The topological polar surface area (TPSA) is 90.0 Å². The van der Waals surface area contributed by atoms with Crippen molar-refractivity contribution in [2.75, 3.05) is 38.0 Å². The Balaban J connectivity index is 2.05. The maximum absolute atomic E-state index is 12.8. The molecule has 26 heavy (non-hydrogen) atoms. The van der Waals surface area contributed by atoms with Crippen LogP contribution in [0.5, 0.6) is 0 Å². The van der Waals surface area contributed by atoms with Gasteiger partial charge in [0.05, 0.1) is 5.92 Å². The van der Waals surface area contributed by atoms with E-state index in [-0.39, 0.29) is 24.3 Å². The highest BCUT2D eigenvalue weighted by molar-refractivity contribution is 5.95. The molecule has 0 bridgehead atoms. The predicted octanol–water partition coefficient (Wildman–Crippen LogP) is 1.90. The first kappa shape index (κ1) is 19.8. The second-order valence-corrected chi connectivity index (χ2v) is 6.43. The number of nitrogens with one attached hydrogen (secondary N) is 1. The molecule has 0 unspecified atom stereocenters. The second-order valence-electron chi connectivity index (χ2n) is 6.43. The minimum Gasteiger partial charge on any atom is -0.480 e. The molecule has 2 amide bonds. The molecule has 1 saturated heterocycles. The van der Waals surface area contributed by atoms with Crippen molar-refractivity contribution in [1.82, 2.24) is 9.80 Å². The zero-order valence-corrected chi connectivity index (χ0v) is 15.4. The second kappa shape index (κ2) is 9.22. The maximum Gasteiger partial charge on any atom is 0.322 e. The summed E-state index contributed by atoms with van der Waals surface area (Å²) in [4.78, 5) is 39.6. The number of hydrogen-bond acceptors (Lipinski definition) is 4. The zero-order chi connectivity index (χ0) is 19.1. The van der Waals surface area contributed by atoms with E-state index >= 15 is 0 Å². The molecule has 0 saturated carbocycles. The summed E-state index contributed by atoms with van der Waals surface area (Å²) in [5, 5.41) is 11.5. The average molecular weight is 361 g/mol. The van der Waals surface area contributed by atoms with Crippen LogP contribution in [0.1, 0.15) is 37.0 Å². The van der Waals surface area contributed by atoms with Gasteiger partial charge in [0.25, 0.3) is 5.91 Å². The Morgan fingerprint density at radius 1 is 1.27 bits per heavy atom. The third-order valence-corrected chi connectivity index (χ3v) is 4.69. The summed E-state index contributed by atoms with van der Waals surface area (Å²) in [6, 6.07) is 6.81. The number of piperidine rings is 1. The van der Waals surface area contributed by atoms with E-state index in [2.05, 4.69) is 5.32 Å². The summed E-state index contributed by atoms with van der Waals surface area (Å²) >= 11 is 0. The number of rotatable bonds is 7. The number of carboxylic acids is 1. The third-order valence-electron chi connectivity index (χ3n) is 4.69. The maximum atomic E-state index is 12.8. The predicted molar refractivity (Wildman–Crippen MR) is 99.1 cm³/mol. The van der Waals surface area contributed by atoms with E-state index in [4.69, 9.17) is 5.11 Å². The van der Waals surface area contributed by atoms with Crippen LogP contribution in [0.3, 0.4) is 0 Å². The number of carbonyl (C=O) groups is 3. The molecule has 7 heteroatoms. The van der Waals surface area contributed by atoms with E-state index in [1.54, 1.807) is 29.2 Å². The van der Waals surface area contributed by atoms with E-state index < -0.39 is 5.97 Å². The SMILES string of the molecule is CCN(CC)C(=O)[C@H]1CCCN(C(=O)c2cccc(NCC(=O)O)c2)C1. The summed E-state index contributed by atoms with van der Waals surface area (Å²) in [5.74, 6) is -1.12. The van der Waals surface area contributed by atoms with Crippen molar-refractivity contribution in [2.45, 2.75) is 26.7 Å². The molecule has 1 fully saturated rings. The summed E-state index contributed by atoms with van der Waals surface area (Å²) in [6.45, 7) is 6.14. The molecule has 1 aromatic carbocycles. The molecule has 0 radical (unpaired) electrons. The Kier molecular flexibility index (Phi) is 7.00. The normalized spacial score (nSPS) is 16.8. The number of hydrogen-bond donors (Lipinski definition) is 2. The number of likely N-dealkylation sites (tertiary alicyclic amines) is 1. The van der Waals surface area contributed by atoms with Crippen LogP contribution < -0.4 is 5.32 Å². The fourth-order valence-corrected chi connectivity index (χ4v) is 3.28. The van der Waals surface area contributed by atoms with Crippen molar-refractivity contribution in [3.63, 3.8) is 0 Å². The van der Waals surface area contributed by atoms with E-state index in [1.165, 1.54) is 0 Å². The van der Waals surface area contributed by atoms with Crippen molar-refractivity contribution >= 4 is 23.5 Å². The van der Waals surface area contributed by atoms with Crippen LogP contribution >= 0.6 is 0 Å². The highest BCUT2D eigenvalue weighted by Gasteiger charge is 2.30. The lowest BCUT2D eigenvalue weighted by atomic mass is 9.95. The van der Waals surface area contributed by atoms with Crippen LogP contribution in [-0.2, 0) is 9.59 Å². The van der Waals surface area contributed by atoms with Gasteiger partial charge < -0.3 is 20.2 Å². The number of aliphatic carboxylic acids is 1. The highest BCUT2D eigenvalue weighted by Crippen LogP contribution is 2.21. The van der Waals surface area contributed by atoms with Gasteiger partial charge in [0.1, 0.15) is 6.54 Å². The first-order valence-corrected chi connectivity index (χ1v) is 9.10. The molecular formula is C19H27N3O4. The van der Waals surface area contributed by atoms with Gasteiger partial charge in [-0.25, -0.2) is 0 Å². The van der Waals surface area contributed by atoms with Gasteiger partial charge in [0, 0.05) is 37.4 Å². The molecule has 142 valence electrons. The van der Waals surface area contributed by atoms with Gasteiger partial charge in [-0.1, -0.05) is 6.07 Å². The number of nitrogens with zero attached hydrogens (tertiary/aromatic N) is 2. The van der Waals surface area contributed by atoms with Crippen LogP contribution in [0, 0.1) is 5.92 Å². The highest BCUT2D eigenvalue weighted by atomic mass is 16.4. The Morgan fingerprint density at radius 2 is 2.00 bits per heavy atom. The van der Waals surface area contributed by atoms with Crippen molar-refractivity contribution in [2.24, 2.45) is 5.92 Å². The lowest BCUT2D eigenvalue weighted by molar-refractivity contribution is -0.136. The molecule has 0 aliphatic carbocycles. The number of benzene rings is 1. The van der Waals surface area contributed by atoms with Crippen LogP contribution in [0.4, 0.5) is 5.69 Å². The molecule has 1 aromatic rings. The van der Waals surface area contributed by atoms with Crippen LogP contribution in [0.25, 0.3) is 0 Å². The number of carbonyl (C=O) groups excluding carboxylic acids is 2. The van der Waals surface area contributed by atoms with Gasteiger partial charge in [-0.05, 0) is 44.9 Å². The molecule has 2 N–H and O–H groups in total. The van der Waals surface area contributed by atoms with Crippen molar-refractivity contribution in [3.05, 3.63) is 29.8 Å². The van der Waals surface area contributed by atoms with Crippen LogP contribution in [-0.4, -0.2) is 65.4 Å². The fourth-order valence-electron chi connectivity index (χ4n) is 3.28. The molecule has 1 heterocycles. The summed E-state index contributed by atoms with van der Waals surface area (Å²) in [5.41, 5.74) is 1.09. The largest absolute Gasteiger partial charge is 0.480 e. The standard InChI is InChI=1S/C19H27N3O4/c1-3-21(4-2)19(26)15-8-6-10-22(13-15)18(25)14-7-5-9-16(11-14)20-12-17(23)24/h5,7,9,11,15,20H,3-4,6,8,10,12-13H2,1-2H3,(H,23,24)/t15-/m0/s1. The number of amides is 2. The summed E-state index contributed by atoms with van der Waals surface area (Å²) in [7, 11) is 0. The molecule has 1 atom stereocenters. The van der Waals surface area contributed by atoms with E-state index in [1.807, 2.05) is 18.7 Å². The molecule has 1 aliphatic heterocycles. The smallest absolute Gasteiger partial charge is 0.322 e. The quantitative estimate of drug-likeness (QED) is 0.774. The minimum absolute atomic E-state index is 0.115. The molecule has 0 spiro atoms. The van der Waals surface area contributed by atoms with Crippen molar-refractivity contribution in [1.29, 1.82) is 0 Å². The van der Waals surface area contributed by atoms with Gasteiger partial charge in [0.15, 0.2) is 0 Å². The monoisotopic (exact) mass is 361 g/mol. The average Bonchev–Trinajstić information content (AvgIpc) is 2.67. The molecule has 1 aliphatic rings. The number of anilines is 1. The summed E-state index contributed by atoms with van der Waals surface area (Å²) < 4.78 is 0. The van der Waals surface area contributed by atoms with E-state index in [0.29, 0.717) is 37.4 Å². The number of carboxylic acid groups (broad SMARTS) is 1. The van der Waals surface area contributed by atoms with Gasteiger partial charge in [-0.2, -0.15) is 0 Å². The van der Waals surface area contributed by atoms with E-state index in [0.717, 1.165) is 12.8 Å². The molecule has 0 aromatic heterocycles. The molecular weight excluding hydrogens is 334 g/mol. The van der Waals surface area contributed by atoms with Gasteiger partial charge in [0.2, 0.25) is 5.91 Å². The Labute approximate surface area is 154 Å². The zero-order valence-electron chi connectivity index (χ0n) is 15.4. The van der Waals surface area contributed by atoms with Crippen molar-refractivity contribution in [3.8, 4) is 0 Å². The molecule has 2 rings (SSSR count).